The highest BCUT2D eigenvalue weighted by Gasteiger charge is 2.36. The molecule has 0 aliphatic carbocycles. The minimum atomic E-state index is -0.125. The van der Waals surface area contributed by atoms with Gasteiger partial charge >= 0.3 is 0 Å². The van der Waals surface area contributed by atoms with Crippen molar-refractivity contribution >= 4 is 34.1 Å². The number of anilines is 2. The topological polar surface area (TPSA) is 77.2 Å². The molecular formula is C22H22N4O2. The number of fused-ring (bicyclic) bond motifs is 4. The second kappa shape index (κ2) is 6.71. The smallest absolute Gasteiger partial charge is 0.251 e. The number of hydrogen-bond acceptors (Lipinski definition) is 3. The second-order valence-corrected chi connectivity index (χ2v) is 7.44. The van der Waals surface area contributed by atoms with Crippen LogP contribution in [-0.4, -0.2) is 35.9 Å². The number of amides is 2. The van der Waals surface area contributed by atoms with Gasteiger partial charge < -0.3 is 20.5 Å². The molecule has 0 spiro atoms. The molecule has 1 atom stereocenters. The molecule has 0 saturated carbocycles. The fourth-order valence-corrected chi connectivity index (χ4v) is 4.32. The first-order valence-electron chi connectivity index (χ1n) is 9.75. The van der Waals surface area contributed by atoms with E-state index in [9.17, 15) is 9.59 Å². The van der Waals surface area contributed by atoms with Crippen LogP contribution in [0.1, 0.15) is 28.8 Å². The van der Waals surface area contributed by atoms with E-state index in [0.29, 0.717) is 12.1 Å². The number of para-hydroxylation sites is 1. The van der Waals surface area contributed by atoms with Gasteiger partial charge in [-0.05, 0) is 49.1 Å². The van der Waals surface area contributed by atoms with Crippen LogP contribution < -0.4 is 15.5 Å². The van der Waals surface area contributed by atoms with Gasteiger partial charge in [0.25, 0.3) is 5.91 Å². The summed E-state index contributed by atoms with van der Waals surface area (Å²) >= 11 is 0. The fraction of sp³-hybridized carbons (Fsp3) is 0.273. The summed E-state index contributed by atoms with van der Waals surface area (Å²) in [6, 6.07) is 13.7. The number of nitrogens with zero attached hydrogens (tertiary/aromatic N) is 1. The third-order valence-corrected chi connectivity index (χ3v) is 5.74. The van der Waals surface area contributed by atoms with Gasteiger partial charge in [-0.2, -0.15) is 0 Å². The fourth-order valence-electron chi connectivity index (χ4n) is 4.32. The second-order valence-electron chi connectivity index (χ2n) is 7.44. The van der Waals surface area contributed by atoms with Gasteiger partial charge in [0.05, 0.1) is 11.4 Å². The molecule has 0 bridgehead atoms. The Morgan fingerprint density at radius 2 is 2.11 bits per heavy atom. The maximum Gasteiger partial charge on any atom is 0.251 e. The summed E-state index contributed by atoms with van der Waals surface area (Å²) in [5.74, 6) is -0.0951. The molecule has 142 valence electrons. The Bertz CT molecular complexity index is 1070. The Morgan fingerprint density at radius 1 is 1.21 bits per heavy atom. The van der Waals surface area contributed by atoms with Gasteiger partial charge in [0.15, 0.2) is 0 Å². The first-order valence-corrected chi connectivity index (χ1v) is 9.75. The number of benzene rings is 2. The molecule has 2 amide bonds. The third kappa shape index (κ3) is 2.81. The maximum absolute atomic E-state index is 12.6. The molecule has 2 aromatic carbocycles. The van der Waals surface area contributed by atoms with Gasteiger partial charge in [-0.15, -0.1) is 0 Å². The van der Waals surface area contributed by atoms with E-state index in [1.165, 1.54) is 10.9 Å². The minimum Gasteiger partial charge on any atom is -0.361 e. The standard InChI is InChI=1S/C22H22N4O2/c27-21(23-10-9-15-13-24-17-5-2-1-4-16(15)17)14-7-8-19-18(12-14)25-22(28)20-6-3-11-26(19)20/h1-2,4-5,7-8,12-13,20,24H,3,6,9-11H2,(H,23,27)(H,25,28)/t20-/m0/s1. The molecule has 3 heterocycles. The van der Waals surface area contributed by atoms with E-state index in [-0.39, 0.29) is 17.9 Å². The van der Waals surface area contributed by atoms with Crippen LogP contribution in [0.4, 0.5) is 11.4 Å². The zero-order valence-electron chi connectivity index (χ0n) is 15.5. The van der Waals surface area contributed by atoms with Gasteiger partial charge in [0.1, 0.15) is 6.04 Å². The highest BCUT2D eigenvalue weighted by atomic mass is 16.2. The number of aromatic nitrogens is 1. The summed E-state index contributed by atoms with van der Waals surface area (Å²) in [4.78, 5) is 30.3. The van der Waals surface area contributed by atoms with E-state index in [1.54, 1.807) is 6.07 Å². The van der Waals surface area contributed by atoms with Gasteiger partial charge in [0.2, 0.25) is 5.91 Å². The minimum absolute atomic E-state index is 0.0295. The highest BCUT2D eigenvalue weighted by molar-refractivity contribution is 6.06. The molecule has 6 heteroatoms. The van der Waals surface area contributed by atoms with Crippen LogP contribution in [0, 0.1) is 0 Å². The quantitative estimate of drug-likeness (QED) is 0.657. The monoisotopic (exact) mass is 374 g/mol. The summed E-state index contributed by atoms with van der Waals surface area (Å²) in [5.41, 5.74) is 4.60. The van der Waals surface area contributed by atoms with E-state index < -0.39 is 0 Å². The molecule has 1 aromatic heterocycles. The summed E-state index contributed by atoms with van der Waals surface area (Å²) in [6.45, 7) is 1.44. The van der Waals surface area contributed by atoms with Gasteiger partial charge in [-0.3, -0.25) is 9.59 Å². The number of aromatic amines is 1. The van der Waals surface area contributed by atoms with Crippen molar-refractivity contribution in [2.24, 2.45) is 0 Å². The van der Waals surface area contributed by atoms with E-state index in [2.05, 4.69) is 26.6 Å². The lowest BCUT2D eigenvalue weighted by Crippen LogP contribution is -2.44. The van der Waals surface area contributed by atoms with Crippen LogP contribution in [0.15, 0.2) is 48.7 Å². The highest BCUT2D eigenvalue weighted by Crippen LogP contribution is 2.37. The Morgan fingerprint density at radius 3 is 3.04 bits per heavy atom. The number of nitrogens with one attached hydrogen (secondary N) is 3. The first-order chi connectivity index (χ1) is 13.7. The van der Waals surface area contributed by atoms with Crippen molar-refractivity contribution in [1.82, 2.24) is 10.3 Å². The number of rotatable bonds is 4. The average molecular weight is 374 g/mol. The lowest BCUT2D eigenvalue weighted by atomic mass is 10.1. The number of carbonyl (C=O) groups excluding carboxylic acids is 2. The Labute approximate surface area is 162 Å². The van der Waals surface area contributed by atoms with Crippen LogP contribution in [0.25, 0.3) is 10.9 Å². The van der Waals surface area contributed by atoms with Crippen molar-refractivity contribution < 1.29 is 9.59 Å². The molecule has 0 unspecified atom stereocenters. The lowest BCUT2D eigenvalue weighted by Gasteiger charge is -2.33. The normalized spacial score (nSPS) is 17.9. The predicted octanol–water partition coefficient (Wildman–Crippen LogP) is 3.06. The summed E-state index contributed by atoms with van der Waals surface area (Å²) in [5, 5.41) is 7.14. The zero-order chi connectivity index (χ0) is 19.1. The Balaban J connectivity index is 1.27. The van der Waals surface area contributed by atoms with Crippen molar-refractivity contribution in [2.45, 2.75) is 25.3 Å². The Kier molecular flexibility index (Phi) is 4.04. The molecule has 6 nitrogen and oxygen atoms in total. The molecule has 3 N–H and O–H groups in total. The van der Waals surface area contributed by atoms with Crippen molar-refractivity contribution in [2.75, 3.05) is 23.3 Å². The SMILES string of the molecule is O=C(NCCc1c[nH]c2ccccc12)c1ccc2c(c1)NC(=O)[C@@H]1CCCN21. The number of hydrogen-bond donors (Lipinski definition) is 3. The van der Waals surface area contributed by atoms with Crippen LogP contribution in [0.2, 0.25) is 0 Å². The zero-order valence-corrected chi connectivity index (χ0v) is 15.5. The van der Waals surface area contributed by atoms with E-state index in [0.717, 1.165) is 42.7 Å². The largest absolute Gasteiger partial charge is 0.361 e. The predicted molar refractivity (Wildman–Crippen MR) is 110 cm³/mol. The molecule has 2 aliphatic heterocycles. The molecule has 5 rings (SSSR count). The Hall–Kier alpha value is -3.28. The average Bonchev–Trinajstić information content (AvgIpc) is 3.36. The maximum atomic E-state index is 12.6. The summed E-state index contributed by atoms with van der Waals surface area (Å²) in [6.07, 6.45) is 4.67. The summed E-state index contributed by atoms with van der Waals surface area (Å²) in [7, 11) is 0. The lowest BCUT2D eigenvalue weighted by molar-refractivity contribution is -0.117. The van der Waals surface area contributed by atoms with Crippen molar-refractivity contribution in [3.8, 4) is 0 Å². The molecule has 3 aromatic rings. The molecule has 28 heavy (non-hydrogen) atoms. The molecule has 2 aliphatic rings. The van der Waals surface area contributed by atoms with Gasteiger partial charge in [0, 0.05) is 35.8 Å². The first kappa shape index (κ1) is 16.9. The van der Waals surface area contributed by atoms with Crippen molar-refractivity contribution in [1.29, 1.82) is 0 Å². The van der Waals surface area contributed by atoms with Crippen LogP contribution >= 0.6 is 0 Å². The van der Waals surface area contributed by atoms with Gasteiger partial charge in [-0.1, -0.05) is 18.2 Å². The molecule has 1 saturated heterocycles. The number of carbonyl (C=O) groups is 2. The van der Waals surface area contributed by atoms with Crippen molar-refractivity contribution in [3.05, 3.63) is 59.8 Å². The molecular weight excluding hydrogens is 352 g/mol. The van der Waals surface area contributed by atoms with Crippen LogP contribution in [-0.2, 0) is 11.2 Å². The molecule has 0 radical (unpaired) electrons. The summed E-state index contributed by atoms with van der Waals surface area (Å²) < 4.78 is 0. The van der Waals surface area contributed by atoms with Crippen molar-refractivity contribution in [3.63, 3.8) is 0 Å². The molecule has 1 fully saturated rings. The van der Waals surface area contributed by atoms with E-state index >= 15 is 0 Å². The van der Waals surface area contributed by atoms with E-state index in [4.69, 9.17) is 0 Å². The third-order valence-electron chi connectivity index (χ3n) is 5.74. The van der Waals surface area contributed by atoms with Crippen LogP contribution in [0.5, 0.6) is 0 Å². The van der Waals surface area contributed by atoms with Gasteiger partial charge in [-0.25, -0.2) is 0 Å². The number of H-pyrrole nitrogens is 1. The van der Waals surface area contributed by atoms with Crippen LogP contribution in [0.3, 0.4) is 0 Å². The van der Waals surface area contributed by atoms with E-state index in [1.807, 2.05) is 36.5 Å².